The highest BCUT2D eigenvalue weighted by atomic mass is 16.5. The van der Waals surface area contributed by atoms with Gasteiger partial charge in [0, 0.05) is 24.5 Å². The molecule has 0 amide bonds. The molecule has 3 aromatic rings. The van der Waals surface area contributed by atoms with E-state index in [1.807, 2.05) is 6.07 Å². The molecule has 1 aliphatic heterocycles. The van der Waals surface area contributed by atoms with E-state index in [4.69, 9.17) is 4.74 Å². The molecule has 0 saturated carbocycles. The van der Waals surface area contributed by atoms with Gasteiger partial charge in [-0.3, -0.25) is 4.90 Å². The molecule has 1 saturated heterocycles. The van der Waals surface area contributed by atoms with Gasteiger partial charge in [-0.15, -0.1) is 0 Å². The summed E-state index contributed by atoms with van der Waals surface area (Å²) in [7, 11) is 2.17. The van der Waals surface area contributed by atoms with Crippen LogP contribution in [-0.2, 0) is 20.2 Å². The van der Waals surface area contributed by atoms with Gasteiger partial charge in [-0.1, -0.05) is 42.8 Å². The number of nitrogens with zero attached hydrogens (tertiary/aromatic N) is 2. The van der Waals surface area contributed by atoms with Gasteiger partial charge in [0.25, 0.3) is 0 Å². The van der Waals surface area contributed by atoms with Gasteiger partial charge >= 0.3 is 0 Å². The molecule has 0 unspecified atom stereocenters. The van der Waals surface area contributed by atoms with Crippen LogP contribution in [0.5, 0.6) is 5.75 Å². The highest BCUT2D eigenvalue weighted by Crippen LogP contribution is 2.29. The van der Waals surface area contributed by atoms with E-state index >= 15 is 0 Å². The molecule has 4 rings (SSSR count). The number of rotatable bonds is 5. The first-order valence-electron chi connectivity index (χ1n) is 9.70. The number of aromatic nitrogens is 1. The number of para-hydroxylation sites is 2. The third-order valence-electron chi connectivity index (χ3n) is 5.63. The third kappa shape index (κ3) is 3.36. The minimum Gasteiger partial charge on any atom is -0.487 e. The summed E-state index contributed by atoms with van der Waals surface area (Å²) in [6.07, 6.45) is 4.01. The number of aryl methyl sites for hydroxylation is 2. The Kier molecular flexibility index (Phi) is 4.98. The molecule has 0 spiro atoms. The van der Waals surface area contributed by atoms with Crippen molar-refractivity contribution in [2.75, 3.05) is 13.1 Å². The fourth-order valence-corrected chi connectivity index (χ4v) is 4.09. The lowest BCUT2D eigenvalue weighted by atomic mass is 10.1. The Hall–Kier alpha value is -2.26. The molecule has 0 bridgehead atoms. The van der Waals surface area contributed by atoms with Crippen LogP contribution in [0.15, 0.2) is 48.5 Å². The van der Waals surface area contributed by atoms with Crippen LogP contribution in [0.4, 0.5) is 0 Å². The zero-order valence-electron chi connectivity index (χ0n) is 15.9. The molecule has 0 aliphatic carbocycles. The molecule has 2 aromatic carbocycles. The molecule has 3 heteroatoms. The van der Waals surface area contributed by atoms with E-state index in [1.165, 1.54) is 60.1 Å². The van der Waals surface area contributed by atoms with E-state index in [0.717, 1.165) is 12.3 Å². The Morgan fingerprint density at radius 1 is 0.923 bits per heavy atom. The zero-order chi connectivity index (χ0) is 17.9. The molecule has 3 nitrogen and oxygen atoms in total. The molecule has 0 radical (unpaired) electrons. The second-order valence-corrected chi connectivity index (χ2v) is 7.39. The van der Waals surface area contributed by atoms with Crippen LogP contribution in [-0.4, -0.2) is 22.6 Å². The summed E-state index contributed by atoms with van der Waals surface area (Å²) >= 11 is 0. The van der Waals surface area contributed by atoms with Crippen LogP contribution in [0, 0.1) is 6.92 Å². The van der Waals surface area contributed by atoms with E-state index in [1.54, 1.807) is 0 Å². The summed E-state index contributed by atoms with van der Waals surface area (Å²) in [5.41, 5.74) is 5.20. The third-order valence-corrected chi connectivity index (χ3v) is 5.63. The minimum absolute atomic E-state index is 0.610. The Morgan fingerprint density at radius 3 is 2.46 bits per heavy atom. The predicted octanol–water partition coefficient (Wildman–Crippen LogP) is 5.05. The first-order valence-corrected chi connectivity index (χ1v) is 9.70. The quantitative estimate of drug-likeness (QED) is 0.642. The lowest BCUT2D eigenvalue weighted by molar-refractivity contribution is 0.218. The number of hydrogen-bond donors (Lipinski definition) is 0. The molecule has 2 heterocycles. The fourth-order valence-electron chi connectivity index (χ4n) is 4.09. The van der Waals surface area contributed by atoms with Crippen LogP contribution < -0.4 is 4.74 Å². The summed E-state index contributed by atoms with van der Waals surface area (Å²) < 4.78 is 8.54. The van der Waals surface area contributed by atoms with Gasteiger partial charge < -0.3 is 9.30 Å². The Labute approximate surface area is 156 Å². The van der Waals surface area contributed by atoms with Gasteiger partial charge in [-0.2, -0.15) is 0 Å². The largest absolute Gasteiger partial charge is 0.487 e. The van der Waals surface area contributed by atoms with Gasteiger partial charge in [0.1, 0.15) is 12.4 Å². The number of ether oxygens (including phenoxy) is 1. The lowest BCUT2D eigenvalue weighted by Crippen LogP contribution is -2.29. The summed E-state index contributed by atoms with van der Waals surface area (Å²) in [6, 6.07) is 17.0. The van der Waals surface area contributed by atoms with E-state index in [0.29, 0.717) is 6.61 Å². The molecule has 136 valence electrons. The van der Waals surface area contributed by atoms with Crippen molar-refractivity contribution in [3.63, 3.8) is 0 Å². The fraction of sp³-hybridized carbons (Fsp3) is 0.391. The van der Waals surface area contributed by atoms with Crippen molar-refractivity contribution >= 4 is 10.9 Å². The monoisotopic (exact) mass is 348 g/mol. The van der Waals surface area contributed by atoms with Gasteiger partial charge in [-0.25, -0.2) is 0 Å². The summed E-state index contributed by atoms with van der Waals surface area (Å²) in [5, 5.41) is 1.36. The maximum absolute atomic E-state index is 6.22. The van der Waals surface area contributed by atoms with Gasteiger partial charge in [0.2, 0.25) is 0 Å². The van der Waals surface area contributed by atoms with Gasteiger partial charge in [-0.05, 0) is 56.1 Å². The normalized spacial score (nSPS) is 15.5. The first kappa shape index (κ1) is 17.2. The van der Waals surface area contributed by atoms with Crippen LogP contribution in [0.1, 0.15) is 36.1 Å². The molecule has 0 atom stereocenters. The van der Waals surface area contributed by atoms with Crippen molar-refractivity contribution in [1.29, 1.82) is 0 Å². The zero-order valence-corrected chi connectivity index (χ0v) is 15.9. The van der Waals surface area contributed by atoms with Crippen molar-refractivity contribution in [3.8, 4) is 5.75 Å². The average Bonchev–Trinajstić information content (AvgIpc) is 2.94. The maximum Gasteiger partial charge on any atom is 0.129 e. The number of fused-ring (bicyclic) bond motifs is 1. The van der Waals surface area contributed by atoms with Crippen LogP contribution in [0.3, 0.4) is 0 Å². The highest BCUT2D eigenvalue weighted by Gasteiger charge is 2.19. The van der Waals surface area contributed by atoms with Crippen molar-refractivity contribution in [3.05, 3.63) is 65.4 Å². The summed E-state index contributed by atoms with van der Waals surface area (Å²) in [5.74, 6) is 0.974. The maximum atomic E-state index is 6.22. The summed E-state index contributed by atoms with van der Waals surface area (Å²) in [6.45, 7) is 6.15. The molecular formula is C23H28N2O. The van der Waals surface area contributed by atoms with E-state index in [9.17, 15) is 0 Å². The van der Waals surface area contributed by atoms with Gasteiger partial charge in [0.15, 0.2) is 0 Å². The minimum atomic E-state index is 0.610. The van der Waals surface area contributed by atoms with Crippen LogP contribution >= 0.6 is 0 Å². The molecule has 26 heavy (non-hydrogen) atoms. The topological polar surface area (TPSA) is 17.4 Å². The number of hydrogen-bond acceptors (Lipinski definition) is 2. The van der Waals surface area contributed by atoms with Crippen LogP contribution in [0.25, 0.3) is 10.9 Å². The number of piperidine rings is 1. The van der Waals surface area contributed by atoms with Gasteiger partial charge in [0.05, 0.1) is 5.69 Å². The second kappa shape index (κ2) is 7.55. The Balaban J connectivity index is 1.66. The number of benzene rings is 2. The Morgan fingerprint density at radius 2 is 1.65 bits per heavy atom. The molecule has 1 aliphatic rings. The van der Waals surface area contributed by atoms with Crippen molar-refractivity contribution in [2.45, 2.75) is 39.3 Å². The SMILES string of the molecule is Cc1ccccc1OCc1c(CN2CCCCC2)c2ccccc2n1C. The lowest BCUT2D eigenvalue weighted by Gasteiger charge is -2.26. The van der Waals surface area contributed by atoms with Crippen molar-refractivity contribution < 1.29 is 4.74 Å². The second-order valence-electron chi connectivity index (χ2n) is 7.39. The molecular weight excluding hydrogens is 320 g/mol. The number of likely N-dealkylation sites (tertiary alicyclic amines) is 1. The van der Waals surface area contributed by atoms with E-state index < -0.39 is 0 Å². The average molecular weight is 348 g/mol. The van der Waals surface area contributed by atoms with Crippen LogP contribution in [0.2, 0.25) is 0 Å². The van der Waals surface area contributed by atoms with E-state index in [-0.39, 0.29) is 0 Å². The smallest absolute Gasteiger partial charge is 0.129 e. The van der Waals surface area contributed by atoms with Crippen molar-refractivity contribution in [1.82, 2.24) is 9.47 Å². The predicted molar refractivity (Wildman–Crippen MR) is 108 cm³/mol. The molecule has 1 fully saturated rings. The molecule has 0 N–H and O–H groups in total. The molecule has 1 aromatic heterocycles. The standard InChI is InChI=1S/C23H28N2O/c1-18-10-4-7-13-23(18)26-17-22-20(16-25-14-8-3-9-15-25)19-11-5-6-12-21(19)24(22)2/h4-7,10-13H,3,8-9,14-17H2,1-2H3. The highest BCUT2D eigenvalue weighted by molar-refractivity contribution is 5.85. The van der Waals surface area contributed by atoms with E-state index in [2.05, 4.69) is 65.9 Å². The summed E-state index contributed by atoms with van der Waals surface area (Å²) in [4.78, 5) is 2.60. The van der Waals surface area contributed by atoms with Crippen molar-refractivity contribution in [2.24, 2.45) is 7.05 Å². The Bertz CT molecular complexity index is 890. The first-order chi connectivity index (χ1) is 12.7.